The molecule has 1 aromatic rings. The van der Waals surface area contributed by atoms with Crippen LogP contribution in [0.25, 0.3) is 0 Å². The highest BCUT2D eigenvalue weighted by Gasteiger charge is 2.15. The van der Waals surface area contributed by atoms with Crippen molar-refractivity contribution in [3.05, 3.63) is 11.9 Å². The molecule has 1 aromatic heterocycles. The Balaban J connectivity index is 2.74. The molecule has 0 saturated heterocycles. The molecule has 0 unspecified atom stereocenters. The summed E-state index contributed by atoms with van der Waals surface area (Å²) >= 11 is 0. The standard InChI is InChI=1S/C9H15N3O2/c1-9(2,3)6-12-5-7(10-11-12)8(13)14-4/h5H,6H2,1-4H3. The van der Waals surface area contributed by atoms with Gasteiger partial charge in [0.05, 0.1) is 13.3 Å². The number of hydrogen-bond acceptors (Lipinski definition) is 4. The third-order valence-electron chi connectivity index (χ3n) is 1.57. The SMILES string of the molecule is COC(=O)c1cn(CC(C)(C)C)nn1. The highest BCUT2D eigenvalue weighted by molar-refractivity contribution is 5.86. The van der Waals surface area contributed by atoms with Crippen LogP contribution in [0.5, 0.6) is 0 Å². The number of esters is 1. The monoisotopic (exact) mass is 197 g/mol. The van der Waals surface area contributed by atoms with Gasteiger partial charge in [-0.15, -0.1) is 5.10 Å². The van der Waals surface area contributed by atoms with E-state index in [1.807, 2.05) is 0 Å². The number of nitrogens with zero attached hydrogens (tertiary/aromatic N) is 3. The molecule has 0 fully saturated rings. The van der Waals surface area contributed by atoms with Crippen molar-refractivity contribution in [2.75, 3.05) is 7.11 Å². The van der Waals surface area contributed by atoms with Gasteiger partial charge in [-0.05, 0) is 5.41 Å². The van der Waals surface area contributed by atoms with Crippen LogP contribution in [-0.4, -0.2) is 28.1 Å². The van der Waals surface area contributed by atoms with Crippen molar-refractivity contribution in [3.8, 4) is 0 Å². The van der Waals surface area contributed by atoms with E-state index < -0.39 is 5.97 Å². The van der Waals surface area contributed by atoms with Crippen molar-refractivity contribution in [1.82, 2.24) is 15.0 Å². The molecule has 5 nitrogen and oxygen atoms in total. The van der Waals surface area contributed by atoms with E-state index in [0.29, 0.717) is 0 Å². The molecule has 1 heterocycles. The molecule has 0 aliphatic heterocycles. The molecule has 0 amide bonds. The minimum atomic E-state index is -0.454. The summed E-state index contributed by atoms with van der Waals surface area (Å²) in [5.41, 5.74) is 0.359. The second-order valence-corrected chi connectivity index (χ2v) is 4.35. The van der Waals surface area contributed by atoms with Gasteiger partial charge in [0.2, 0.25) is 0 Å². The second kappa shape index (κ2) is 3.77. The fraction of sp³-hybridized carbons (Fsp3) is 0.667. The summed E-state index contributed by atoms with van der Waals surface area (Å²) in [6.45, 7) is 6.99. The predicted molar refractivity (Wildman–Crippen MR) is 50.8 cm³/mol. The summed E-state index contributed by atoms with van der Waals surface area (Å²) in [5, 5.41) is 7.55. The van der Waals surface area contributed by atoms with E-state index in [9.17, 15) is 4.79 Å². The first-order valence-electron chi connectivity index (χ1n) is 4.41. The quantitative estimate of drug-likeness (QED) is 0.666. The van der Waals surface area contributed by atoms with Gasteiger partial charge in [0.25, 0.3) is 0 Å². The van der Waals surface area contributed by atoms with Crippen molar-refractivity contribution >= 4 is 5.97 Å². The third kappa shape index (κ3) is 2.83. The van der Waals surface area contributed by atoms with Crippen molar-refractivity contribution in [2.45, 2.75) is 27.3 Å². The zero-order valence-electron chi connectivity index (χ0n) is 8.94. The first-order chi connectivity index (χ1) is 6.42. The number of hydrogen-bond donors (Lipinski definition) is 0. The molecule has 0 saturated carbocycles. The van der Waals surface area contributed by atoms with Gasteiger partial charge in [0.15, 0.2) is 5.69 Å². The summed E-state index contributed by atoms with van der Waals surface area (Å²) in [6.07, 6.45) is 1.59. The molecule has 0 aliphatic carbocycles. The van der Waals surface area contributed by atoms with Gasteiger partial charge >= 0.3 is 5.97 Å². The van der Waals surface area contributed by atoms with Gasteiger partial charge in [-0.25, -0.2) is 4.79 Å². The summed E-state index contributed by atoms with van der Waals surface area (Å²) in [4.78, 5) is 11.1. The number of carbonyl (C=O) groups excluding carboxylic acids is 1. The van der Waals surface area contributed by atoms with Crippen LogP contribution < -0.4 is 0 Å². The zero-order chi connectivity index (χ0) is 10.8. The van der Waals surface area contributed by atoms with E-state index in [4.69, 9.17) is 0 Å². The van der Waals surface area contributed by atoms with Crippen LogP contribution >= 0.6 is 0 Å². The Morgan fingerprint density at radius 2 is 2.21 bits per heavy atom. The minimum Gasteiger partial charge on any atom is -0.464 e. The van der Waals surface area contributed by atoms with Gasteiger partial charge in [-0.3, -0.25) is 4.68 Å². The lowest BCUT2D eigenvalue weighted by Gasteiger charge is -2.16. The molecular formula is C9H15N3O2. The summed E-state index contributed by atoms with van der Waals surface area (Å²) in [5.74, 6) is -0.454. The van der Waals surface area contributed by atoms with Crippen LogP contribution in [0.1, 0.15) is 31.3 Å². The lowest BCUT2D eigenvalue weighted by Crippen LogP contribution is -2.15. The maximum absolute atomic E-state index is 11.1. The number of carbonyl (C=O) groups is 1. The van der Waals surface area contributed by atoms with Crippen LogP contribution in [0.4, 0.5) is 0 Å². The molecule has 78 valence electrons. The molecule has 0 N–H and O–H groups in total. The Hall–Kier alpha value is -1.39. The first-order valence-corrected chi connectivity index (χ1v) is 4.41. The van der Waals surface area contributed by atoms with Crippen LogP contribution in [0.15, 0.2) is 6.20 Å². The average Bonchev–Trinajstić information content (AvgIpc) is 2.48. The molecule has 0 atom stereocenters. The first kappa shape index (κ1) is 10.7. The number of methoxy groups -OCH3 is 1. The number of rotatable bonds is 2. The van der Waals surface area contributed by atoms with Gasteiger partial charge in [0, 0.05) is 6.54 Å². The Labute approximate surface area is 83.1 Å². The van der Waals surface area contributed by atoms with E-state index in [1.165, 1.54) is 7.11 Å². The van der Waals surface area contributed by atoms with Gasteiger partial charge in [-0.2, -0.15) is 0 Å². The molecule has 5 heteroatoms. The second-order valence-electron chi connectivity index (χ2n) is 4.35. The molecule has 0 aliphatic rings. The van der Waals surface area contributed by atoms with Crippen LogP contribution in [0.3, 0.4) is 0 Å². The summed E-state index contributed by atoms with van der Waals surface area (Å²) < 4.78 is 6.17. The predicted octanol–water partition coefficient (Wildman–Crippen LogP) is 1.11. The highest BCUT2D eigenvalue weighted by Crippen LogP contribution is 2.15. The van der Waals surface area contributed by atoms with E-state index in [1.54, 1.807) is 10.9 Å². The minimum absolute atomic E-state index is 0.112. The Morgan fingerprint density at radius 3 is 2.71 bits per heavy atom. The highest BCUT2D eigenvalue weighted by atomic mass is 16.5. The normalized spacial score (nSPS) is 11.4. The zero-order valence-corrected chi connectivity index (χ0v) is 8.94. The number of ether oxygens (including phenoxy) is 1. The maximum atomic E-state index is 11.1. The van der Waals surface area contributed by atoms with E-state index in [-0.39, 0.29) is 11.1 Å². The van der Waals surface area contributed by atoms with Crippen molar-refractivity contribution < 1.29 is 9.53 Å². The molecule has 0 radical (unpaired) electrons. The van der Waals surface area contributed by atoms with Crippen LogP contribution in [0, 0.1) is 5.41 Å². The van der Waals surface area contributed by atoms with Crippen molar-refractivity contribution in [1.29, 1.82) is 0 Å². The molecule has 1 rings (SSSR count). The lowest BCUT2D eigenvalue weighted by molar-refractivity contribution is 0.0594. The van der Waals surface area contributed by atoms with Crippen molar-refractivity contribution in [2.24, 2.45) is 5.41 Å². The molecule has 0 bridgehead atoms. The van der Waals surface area contributed by atoms with E-state index in [0.717, 1.165) is 6.54 Å². The average molecular weight is 197 g/mol. The Bertz CT molecular complexity index is 325. The molecule has 0 spiro atoms. The maximum Gasteiger partial charge on any atom is 0.360 e. The fourth-order valence-electron chi connectivity index (χ4n) is 1.06. The topological polar surface area (TPSA) is 57.0 Å². The largest absolute Gasteiger partial charge is 0.464 e. The molecular weight excluding hydrogens is 182 g/mol. The van der Waals surface area contributed by atoms with Gasteiger partial charge in [-0.1, -0.05) is 26.0 Å². The molecule has 14 heavy (non-hydrogen) atoms. The molecule has 0 aromatic carbocycles. The van der Waals surface area contributed by atoms with Gasteiger partial charge in [0.1, 0.15) is 0 Å². The summed E-state index contributed by atoms with van der Waals surface area (Å²) in [7, 11) is 1.32. The van der Waals surface area contributed by atoms with Crippen LogP contribution in [0.2, 0.25) is 0 Å². The van der Waals surface area contributed by atoms with Gasteiger partial charge < -0.3 is 4.74 Å². The summed E-state index contributed by atoms with van der Waals surface area (Å²) in [6, 6.07) is 0. The third-order valence-corrected chi connectivity index (χ3v) is 1.57. The number of aromatic nitrogens is 3. The van der Waals surface area contributed by atoms with E-state index >= 15 is 0 Å². The Morgan fingerprint density at radius 1 is 1.57 bits per heavy atom. The van der Waals surface area contributed by atoms with Crippen LogP contribution in [-0.2, 0) is 11.3 Å². The Kier molecular flexibility index (Phi) is 2.88. The fourth-order valence-corrected chi connectivity index (χ4v) is 1.06. The smallest absolute Gasteiger partial charge is 0.360 e. The lowest BCUT2D eigenvalue weighted by atomic mass is 9.97. The van der Waals surface area contributed by atoms with Crippen molar-refractivity contribution in [3.63, 3.8) is 0 Å². The van der Waals surface area contributed by atoms with E-state index in [2.05, 4.69) is 35.8 Å².